The zero-order valence-electron chi connectivity index (χ0n) is 8.22. The van der Waals surface area contributed by atoms with Gasteiger partial charge >= 0.3 is 6.18 Å². The second kappa shape index (κ2) is 4.69. The van der Waals surface area contributed by atoms with Gasteiger partial charge in [-0.2, -0.15) is 18.2 Å². The van der Waals surface area contributed by atoms with E-state index >= 15 is 0 Å². The Kier molecular flexibility index (Phi) is 3.52. The largest absolute Gasteiger partial charge is 0.424 e. The molecule has 0 spiro atoms. The Bertz CT molecular complexity index is 469. The Balaban J connectivity index is 3.57. The van der Waals surface area contributed by atoms with Gasteiger partial charge < -0.3 is 0 Å². The van der Waals surface area contributed by atoms with Crippen LogP contribution in [0.25, 0.3) is 10.4 Å². The van der Waals surface area contributed by atoms with Crippen LogP contribution in [0.5, 0.6) is 0 Å². The molecule has 17 heavy (non-hydrogen) atoms. The van der Waals surface area contributed by atoms with E-state index in [1.807, 2.05) is 0 Å². The molecule has 0 fully saturated rings. The van der Waals surface area contributed by atoms with Crippen LogP contribution in [0.2, 0.25) is 0 Å². The van der Waals surface area contributed by atoms with Gasteiger partial charge in [0.2, 0.25) is 6.08 Å². The molecule has 0 saturated heterocycles. The highest BCUT2D eigenvalue weighted by Crippen LogP contribution is 2.43. The minimum atomic E-state index is -5.03. The Labute approximate surface area is 93.2 Å². The van der Waals surface area contributed by atoms with Crippen molar-refractivity contribution in [2.45, 2.75) is 11.8 Å². The molecule has 0 aromatic heterocycles. The zero-order valence-corrected chi connectivity index (χ0v) is 8.22. The first kappa shape index (κ1) is 12.8. The van der Waals surface area contributed by atoms with Crippen LogP contribution in [0.1, 0.15) is 5.56 Å². The molecule has 0 bridgehead atoms. The predicted molar refractivity (Wildman–Crippen MR) is 51.4 cm³/mol. The number of halogens is 3. The first-order chi connectivity index (χ1) is 7.98. The number of rotatable bonds is 3. The van der Waals surface area contributed by atoms with E-state index in [0.717, 1.165) is 18.2 Å². The van der Waals surface area contributed by atoms with E-state index in [2.05, 4.69) is 15.0 Å². The van der Waals surface area contributed by atoms with E-state index in [-0.39, 0.29) is 0 Å². The van der Waals surface area contributed by atoms with Gasteiger partial charge in [0.1, 0.15) is 0 Å². The molecule has 8 heteroatoms. The van der Waals surface area contributed by atoms with Crippen LogP contribution < -0.4 is 0 Å². The Morgan fingerprint density at radius 3 is 2.24 bits per heavy atom. The molecule has 0 heterocycles. The van der Waals surface area contributed by atoms with Crippen molar-refractivity contribution in [3.63, 3.8) is 0 Å². The van der Waals surface area contributed by atoms with E-state index in [9.17, 15) is 18.0 Å². The molecule has 0 radical (unpaired) electrons. The maximum Gasteiger partial charge on any atom is 0.424 e. The number of isocyanates is 1. The number of carbonyl (C=O) groups excluding carboxylic acids is 1. The predicted octanol–water partition coefficient (Wildman–Crippen LogP) is 3.05. The summed E-state index contributed by atoms with van der Waals surface area (Å²) >= 11 is 0. The molecule has 1 atom stereocenters. The van der Waals surface area contributed by atoms with E-state index in [1.54, 1.807) is 0 Å². The average molecular weight is 242 g/mol. The molecule has 0 aliphatic heterocycles. The van der Waals surface area contributed by atoms with Gasteiger partial charge in [-0.25, -0.2) is 4.79 Å². The van der Waals surface area contributed by atoms with Gasteiger partial charge in [-0.3, -0.25) is 0 Å². The lowest BCUT2D eigenvalue weighted by Gasteiger charge is -2.25. The van der Waals surface area contributed by atoms with E-state index < -0.39 is 17.4 Å². The molecular weight excluding hydrogens is 237 g/mol. The average Bonchev–Trinajstić information content (AvgIpc) is 2.28. The molecule has 1 rings (SSSR count). The van der Waals surface area contributed by atoms with Gasteiger partial charge in [0.05, 0.1) is 0 Å². The standard InChI is InChI=1S/C9H5F3N4O/c10-9(11,12)8(14-6-17,15-16-13)7-4-2-1-3-5-7/h1-5H. The van der Waals surface area contributed by atoms with Crippen molar-refractivity contribution in [3.05, 3.63) is 46.3 Å². The third-order valence-electron chi connectivity index (χ3n) is 1.97. The maximum atomic E-state index is 12.9. The lowest BCUT2D eigenvalue weighted by molar-refractivity contribution is -0.186. The highest BCUT2D eigenvalue weighted by Gasteiger charge is 2.56. The van der Waals surface area contributed by atoms with Crippen LogP contribution >= 0.6 is 0 Å². The summed E-state index contributed by atoms with van der Waals surface area (Å²) in [6.07, 6.45) is -4.24. The second-order valence-corrected chi connectivity index (χ2v) is 2.93. The first-order valence-corrected chi connectivity index (χ1v) is 4.25. The molecule has 88 valence electrons. The van der Waals surface area contributed by atoms with E-state index in [4.69, 9.17) is 5.53 Å². The number of alkyl halides is 3. The molecule has 0 saturated carbocycles. The normalized spacial score (nSPS) is 14.1. The minimum Gasteiger partial charge on any atom is -0.211 e. The van der Waals surface area contributed by atoms with Crippen LogP contribution in [-0.2, 0) is 10.5 Å². The maximum absolute atomic E-state index is 12.9. The van der Waals surface area contributed by atoms with Crippen LogP contribution in [-0.4, -0.2) is 12.3 Å². The fraction of sp³-hybridized carbons (Fsp3) is 0.222. The lowest BCUT2D eigenvalue weighted by Crippen LogP contribution is -2.38. The SMILES string of the molecule is [N-]=[N+]=NC(N=C=O)(c1ccccc1)C(F)(F)F. The highest BCUT2D eigenvalue weighted by atomic mass is 19.4. The van der Waals surface area contributed by atoms with Gasteiger partial charge in [0, 0.05) is 4.91 Å². The number of benzene rings is 1. The van der Waals surface area contributed by atoms with Crippen molar-refractivity contribution >= 4 is 6.08 Å². The second-order valence-electron chi connectivity index (χ2n) is 2.93. The van der Waals surface area contributed by atoms with Crippen LogP contribution in [0.15, 0.2) is 40.4 Å². The molecular formula is C9H5F3N4O. The molecule has 0 amide bonds. The number of hydrogen-bond donors (Lipinski definition) is 0. The van der Waals surface area contributed by atoms with Gasteiger partial charge in [-0.15, -0.1) is 0 Å². The zero-order chi connectivity index (χ0) is 12.9. The van der Waals surface area contributed by atoms with Crippen molar-refractivity contribution in [2.75, 3.05) is 0 Å². The molecule has 1 aromatic rings. The Morgan fingerprint density at radius 1 is 1.24 bits per heavy atom. The molecule has 1 aromatic carbocycles. The van der Waals surface area contributed by atoms with Crippen LogP contribution in [0.4, 0.5) is 13.2 Å². The fourth-order valence-electron chi connectivity index (χ4n) is 1.23. The van der Waals surface area contributed by atoms with Crippen molar-refractivity contribution in [3.8, 4) is 0 Å². The first-order valence-electron chi connectivity index (χ1n) is 4.25. The lowest BCUT2D eigenvalue weighted by atomic mass is 10.0. The summed E-state index contributed by atoms with van der Waals surface area (Å²) in [5.74, 6) is 0. The highest BCUT2D eigenvalue weighted by molar-refractivity contribution is 5.39. The Morgan fingerprint density at radius 2 is 1.82 bits per heavy atom. The fourth-order valence-corrected chi connectivity index (χ4v) is 1.23. The molecule has 0 aliphatic carbocycles. The van der Waals surface area contributed by atoms with Crippen molar-refractivity contribution in [1.82, 2.24) is 0 Å². The van der Waals surface area contributed by atoms with Crippen LogP contribution in [0.3, 0.4) is 0 Å². The number of aliphatic imine (C=N–C) groups is 1. The summed E-state index contributed by atoms with van der Waals surface area (Å²) in [5.41, 5.74) is 4.51. The molecule has 0 aliphatic rings. The monoisotopic (exact) mass is 242 g/mol. The minimum absolute atomic E-state index is 0.450. The third-order valence-corrected chi connectivity index (χ3v) is 1.97. The van der Waals surface area contributed by atoms with Gasteiger partial charge in [0.25, 0.3) is 5.66 Å². The molecule has 1 unspecified atom stereocenters. The van der Waals surface area contributed by atoms with Crippen molar-refractivity contribution in [1.29, 1.82) is 0 Å². The smallest absolute Gasteiger partial charge is 0.211 e. The van der Waals surface area contributed by atoms with E-state index in [0.29, 0.717) is 0 Å². The summed E-state index contributed by atoms with van der Waals surface area (Å²) < 4.78 is 38.7. The van der Waals surface area contributed by atoms with Crippen molar-refractivity contribution < 1.29 is 18.0 Å². The van der Waals surface area contributed by atoms with E-state index in [1.165, 1.54) is 18.2 Å². The quantitative estimate of drug-likeness (QED) is 0.264. The molecule has 0 N–H and O–H groups in total. The summed E-state index contributed by atoms with van der Waals surface area (Å²) in [7, 11) is 0. The van der Waals surface area contributed by atoms with Crippen molar-refractivity contribution in [2.24, 2.45) is 10.1 Å². The third kappa shape index (κ3) is 2.28. The summed E-state index contributed by atoms with van der Waals surface area (Å²) in [4.78, 5) is 14.9. The summed E-state index contributed by atoms with van der Waals surface area (Å²) in [6, 6.07) is 6.21. The topological polar surface area (TPSA) is 78.2 Å². The summed E-state index contributed by atoms with van der Waals surface area (Å²) in [6.45, 7) is 0. The summed E-state index contributed by atoms with van der Waals surface area (Å²) in [5, 5.41) is 2.61. The van der Waals surface area contributed by atoms with Gasteiger partial charge in [-0.05, 0) is 16.2 Å². The Hall–Kier alpha value is -2.30. The number of hydrogen-bond acceptors (Lipinski definition) is 3. The number of nitrogens with zero attached hydrogens (tertiary/aromatic N) is 4. The van der Waals surface area contributed by atoms with Crippen LogP contribution in [0, 0.1) is 0 Å². The van der Waals surface area contributed by atoms with Gasteiger partial charge in [0.15, 0.2) is 0 Å². The molecule has 5 nitrogen and oxygen atoms in total. The number of azide groups is 1. The van der Waals surface area contributed by atoms with Gasteiger partial charge in [-0.1, -0.05) is 30.3 Å².